The Kier molecular flexibility index (Phi) is 3.65. The van der Waals surface area contributed by atoms with E-state index in [4.69, 9.17) is 4.74 Å². The number of carbonyl (C=O) groups excluding carboxylic acids is 1. The summed E-state index contributed by atoms with van der Waals surface area (Å²) in [5.74, 6) is 0.905. The molecule has 0 aromatic heterocycles. The molecule has 3 heteroatoms. The van der Waals surface area contributed by atoms with Crippen LogP contribution in [-0.2, 0) is 6.42 Å². The summed E-state index contributed by atoms with van der Waals surface area (Å²) in [5.41, 5.74) is 3.99. The predicted molar refractivity (Wildman–Crippen MR) is 84.2 cm³/mol. The molecular weight excluding hydrogens is 262 g/mol. The van der Waals surface area contributed by atoms with E-state index in [2.05, 4.69) is 6.07 Å². The zero-order valence-corrected chi connectivity index (χ0v) is 12.4. The minimum atomic E-state index is 0.0612. The van der Waals surface area contributed by atoms with Gasteiger partial charge in [-0.25, -0.2) is 0 Å². The first-order chi connectivity index (χ1) is 10.2. The second-order valence-electron chi connectivity index (χ2n) is 5.25. The second-order valence-corrected chi connectivity index (χ2v) is 5.25. The number of para-hydroxylation sites is 1. The van der Waals surface area contributed by atoms with Gasteiger partial charge in [0.15, 0.2) is 0 Å². The lowest BCUT2D eigenvalue weighted by Gasteiger charge is -2.18. The van der Waals surface area contributed by atoms with E-state index >= 15 is 0 Å². The number of carbonyl (C=O) groups is 1. The third-order valence-electron chi connectivity index (χ3n) is 3.85. The highest BCUT2D eigenvalue weighted by Gasteiger charge is 2.25. The number of nitrogens with zero attached hydrogens (tertiary/aromatic N) is 1. The Balaban J connectivity index is 1.88. The molecule has 1 aliphatic heterocycles. The first kappa shape index (κ1) is 13.7. The van der Waals surface area contributed by atoms with E-state index in [9.17, 15) is 4.79 Å². The summed E-state index contributed by atoms with van der Waals surface area (Å²) in [6.45, 7) is 5.32. The van der Waals surface area contributed by atoms with Crippen LogP contribution < -0.4 is 9.64 Å². The van der Waals surface area contributed by atoms with Gasteiger partial charge in [-0.05, 0) is 55.7 Å². The molecule has 0 unspecified atom stereocenters. The van der Waals surface area contributed by atoms with Gasteiger partial charge in [0.1, 0.15) is 5.75 Å². The van der Waals surface area contributed by atoms with Gasteiger partial charge in [0.2, 0.25) is 0 Å². The average molecular weight is 281 g/mol. The molecule has 0 N–H and O–H groups in total. The van der Waals surface area contributed by atoms with Crippen molar-refractivity contribution in [2.75, 3.05) is 18.1 Å². The van der Waals surface area contributed by atoms with Crippen LogP contribution in [0.4, 0.5) is 5.69 Å². The predicted octanol–water partition coefficient (Wildman–Crippen LogP) is 3.60. The maximum atomic E-state index is 12.7. The molecule has 0 atom stereocenters. The van der Waals surface area contributed by atoms with E-state index in [0.717, 1.165) is 30.0 Å². The highest BCUT2D eigenvalue weighted by atomic mass is 16.5. The monoisotopic (exact) mass is 281 g/mol. The van der Waals surface area contributed by atoms with Crippen molar-refractivity contribution in [3.05, 3.63) is 59.2 Å². The molecule has 0 fully saturated rings. The van der Waals surface area contributed by atoms with Crippen molar-refractivity contribution >= 4 is 11.6 Å². The van der Waals surface area contributed by atoms with Crippen molar-refractivity contribution in [1.29, 1.82) is 0 Å². The molecule has 0 spiro atoms. The summed E-state index contributed by atoms with van der Waals surface area (Å²) in [4.78, 5) is 14.6. The maximum absolute atomic E-state index is 12.7. The summed E-state index contributed by atoms with van der Waals surface area (Å²) in [6, 6.07) is 13.7. The van der Waals surface area contributed by atoms with E-state index < -0.39 is 0 Å². The van der Waals surface area contributed by atoms with Gasteiger partial charge in [-0.3, -0.25) is 4.79 Å². The van der Waals surface area contributed by atoms with Crippen LogP contribution in [0.15, 0.2) is 42.5 Å². The zero-order valence-electron chi connectivity index (χ0n) is 12.4. The number of anilines is 1. The standard InChI is InChI=1S/C18H19NO2/c1-3-21-17-9-8-15(12-13(17)2)18(20)19-11-10-14-6-4-5-7-16(14)19/h4-9,12H,3,10-11H2,1-2H3. The van der Waals surface area contributed by atoms with Crippen LogP contribution in [0.3, 0.4) is 0 Å². The second kappa shape index (κ2) is 5.60. The van der Waals surface area contributed by atoms with Crippen molar-refractivity contribution in [2.24, 2.45) is 0 Å². The topological polar surface area (TPSA) is 29.5 Å². The van der Waals surface area contributed by atoms with Crippen LogP contribution in [0.2, 0.25) is 0 Å². The summed E-state index contributed by atoms with van der Waals surface area (Å²) in [7, 11) is 0. The van der Waals surface area contributed by atoms with E-state index in [1.54, 1.807) is 0 Å². The molecule has 0 aliphatic carbocycles. The molecule has 3 nitrogen and oxygen atoms in total. The zero-order chi connectivity index (χ0) is 14.8. The fourth-order valence-corrected chi connectivity index (χ4v) is 2.80. The molecule has 108 valence electrons. The van der Waals surface area contributed by atoms with Crippen molar-refractivity contribution in [2.45, 2.75) is 20.3 Å². The van der Waals surface area contributed by atoms with Crippen LogP contribution in [0.5, 0.6) is 5.75 Å². The number of rotatable bonds is 3. The molecule has 0 saturated carbocycles. The Hall–Kier alpha value is -2.29. The van der Waals surface area contributed by atoms with E-state index in [1.165, 1.54) is 5.56 Å². The number of amides is 1. The number of aryl methyl sites for hydroxylation is 1. The third kappa shape index (κ3) is 2.51. The number of hydrogen-bond donors (Lipinski definition) is 0. The first-order valence-electron chi connectivity index (χ1n) is 7.34. The van der Waals surface area contributed by atoms with Crippen LogP contribution in [0.1, 0.15) is 28.4 Å². The number of benzene rings is 2. The molecule has 1 aliphatic rings. The summed E-state index contributed by atoms with van der Waals surface area (Å²) < 4.78 is 5.53. The lowest BCUT2D eigenvalue weighted by molar-refractivity contribution is 0.0989. The minimum absolute atomic E-state index is 0.0612. The highest BCUT2D eigenvalue weighted by Crippen LogP contribution is 2.29. The molecule has 2 aromatic rings. The van der Waals surface area contributed by atoms with E-state index in [0.29, 0.717) is 12.2 Å². The Labute approximate surface area is 125 Å². The van der Waals surface area contributed by atoms with Gasteiger partial charge in [-0.1, -0.05) is 18.2 Å². The molecule has 1 amide bonds. The van der Waals surface area contributed by atoms with Crippen molar-refractivity contribution in [3.63, 3.8) is 0 Å². The van der Waals surface area contributed by atoms with Gasteiger partial charge in [-0.2, -0.15) is 0 Å². The molecule has 1 heterocycles. The van der Waals surface area contributed by atoms with Gasteiger partial charge in [-0.15, -0.1) is 0 Å². The molecule has 2 aromatic carbocycles. The van der Waals surface area contributed by atoms with Crippen molar-refractivity contribution in [1.82, 2.24) is 0 Å². The molecule has 3 rings (SSSR count). The van der Waals surface area contributed by atoms with Gasteiger partial charge >= 0.3 is 0 Å². The van der Waals surface area contributed by atoms with Crippen molar-refractivity contribution in [3.8, 4) is 5.75 Å². The Bertz CT molecular complexity index is 679. The smallest absolute Gasteiger partial charge is 0.258 e. The van der Waals surface area contributed by atoms with Gasteiger partial charge < -0.3 is 9.64 Å². The van der Waals surface area contributed by atoms with Crippen LogP contribution in [0.25, 0.3) is 0 Å². The molecular formula is C18H19NO2. The fraction of sp³-hybridized carbons (Fsp3) is 0.278. The van der Waals surface area contributed by atoms with E-state index in [1.807, 2.05) is 55.1 Å². The fourth-order valence-electron chi connectivity index (χ4n) is 2.80. The normalized spacial score (nSPS) is 13.1. The van der Waals surface area contributed by atoms with Crippen LogP contribution >= 0.6 is 0 Å². The number of fused-ring (bicyclic) bond motifs is 1. The quantitative estimate of drug-likeness (QED) is 0.860. The largest absolute Gasteiger partial charge is 0.494 e. The van der Waals surface area contributed by atoms with Gasteiger partial charge in [0, 0.05) is 17.8 Å². The third-order valence-corrected chi connectivity index (χ3v) is 3.85. The SMILES string of the molecule is CCOc1ccc(C(=O)N2CCc3ccccc32)cc1C. The molecule has 0 bridgehead atoms. The van der Waals surface area contributed by atoms with Gasteiger partial charge in [0.25, 0.3) is 5.91 Å². The number of ether oxygens (including phenoxy) is 1. The minimum Gasteiger partial charge on any atom is -0.494 e. The average Bonchev–Trinajstić information content (AvgIpc) is 2.93. The van der Waals surface area contributed by atoms with Crippen LogP contribution in [-0.4, -0.2) is 19.1 Å². The molecule has 0 radical (unpaired) electrons. The lowest BCUT2D eigenvalue weighted by atomic mass is 10.1. The number of hydrogen-bond acceptors (Lipinski definition) is 2. The molecule has 21 heavy (non-hydrogen) atoms. The Morgan fingerprint density at radius 1 is 1.24 bits per heavy atom. The first-order valence-corrected chi connectivity index (χ1v) is 7.34. The highest BCUT2D eigenvalue weighted by molar-refractivity contribution is 6.07. The lowest BCUT2D eigenvalue weighted by Crippen LogP contribution is -2.28. The van der Waals surface area contributed by atoms with Gasteiger partial charge in [0.05, 0.1) is 6.61 Å². The van der Waals surface area contributed by atoms with Crippen molar-refractivity contribution < 1.29 is 9.53 Å². The van der Waals surface area contributed by atoms with Crippen LogP contribution in [0, 0.1) is 6.92 Å². The maximum Gasteiger partial charge on any atom is 0.258 e. The summed E-state index contributed by atoms with van der Waals surface area (Å²) in [5, 5.41) is 0. The summed E-state index contributed by atoms with van der Waals surface area (Å²) in [6.07, 6.45) is 0.928. The summed E-state index contributed by atoms with van der Waals surface area (Å²) >= 11 is 0. The Morgan fingerprint density at radius 3 is 2.81 bits per heavy atom. The Morgan fingerprint density at radius 2 is 2.05 bits per heavy atom. The molecule has 0 saturated heterocycles. The van der Waals surface area contributed by atoms with E-state index in [-0.39, 0.29) is 5.91 Å².